The maximum absolute atomic E-state index is 11.7. The van der Waals surface area contributed by atoms with Gasteiger partial charge in [0, 0.05) is 32.1 Å². The number of hydrogen-bond acceptors (Lipinski definition) is 4. The number of hydrogen-bond donors (Lipinski definition) is 0. The van der Waals surface area contributed by atoms with Gasteiger partial charge in [-0.2, -0.15) is 5.06 Å². The molecule has 1 amide bonds. The first-order valence-corrected chi connectivity index (χ1v) is 7.92. The second-order valence-corrected chi connectivity index (χ2v) is 6.46. The summed E-state index contributed by atoms with van der Waals surface area (Å²) in [5, 5.41) is 1.79. The third kappa shape index (κ3) is 7.79. The molecule has 0 N–H and O–H groups in total. The fourth-order valence-electron chi connectivity index (χ4n) is 2.18. The van der Waals surface area contributed by atoms with Crippen LogP contribution >= 0.6 is 0 Å². The molecule has 0 aliphatic carbocycles. The highest BCUT2D eigenvalue weighted by Gasteiger charge is 2.24. The van der Waals surface area contributed by atoms with Crippen molar-refractivity contribution >= 4 is 5.91 Å². The summed E-state index contributed by atoms with van der Waals surface area (Å²) in [6.07, 6.45) is 2.23. The minimum atomic E-state index is 0.125. The van der Waals surface area contributed by atoms with E-state index in [-0.39, 0.29) is 11.8 Å². The van der Waals surface area contributed by atoms with Gasteiger partial charge in [-0.25, -0.2) is 0 Å². The van der Waals surface area contributed by atoms with Gasteiger partial charge in [0.25, 0.3) is 0 Å². The summed E-state index contributed by atoms with van der Waals surface area (Å²) in [4.78, 5) is 20.8. The molecule has 0 aromatic rings. The highest BCUT2D eigenvalue weighted by molar-refractivity contribution is 5.78. The highest BCUT2D eigenvalue weighted by Crippen LogP contribution is 2.15. The van der Waals surface area contributed by atoms with Gasteiger partial charge >= 0.3 is 0 Å². The van der Waals surface area contributed by atoms with Gasteiger partial charge in [-0.05, 0) is 46.8 Å². The first-order valence-electron chi connectivity index (χ1n) is 7.92. The SMILES string of the molecule is CC(C)C(=O)N(C)C1CCN(C)CC1.CON(C)C(C)C. The molecular weight excluding hydrogens is 266 g/mol. The van der Waals surface area contributed by atoms with Crippen LogP contribution in [0.15, 0.2) is 0 Å². The molecule has 1 rings (SSSR count). The van der Waals surface area contributed by atoms with Gasteiger partial charge in [0.15, 0.2) is 0 Å². The van der Waals surface area contributed by atoms with Crippen molar-refractivity contribution in [1.82, 2.24) is 14.9 Å². The van der Waals surface area contributed by atoms with E-state index in [9.17, 15) is 4.79 Å². The van der Waals surface area contributed by atoms with E-state index >= 15 is 0 Å². The number of rotatable bonds is 4. The van der Waals surface area contributed by atoms with Gasteiger partial charge < -0.3 is 14.6 Å². The van der Waals surface area contributed by atoms with Crippen molar-refractivity contribution in [2.75, 3.05) is 41.3 Å². The van der Waals surface area contributed by atoms with Crippen molar-refractivity contribution in [3.05, 3.63) is 0 Å². The van der Waals surface area contributed by atoms with Crippen molar-refractivity contribution in [3.8, 4) is 0 Å². The fraction of sp³-hybridized carbons (Fsp3) is 0.938. The summed E-state index contributed by atoms with van der Waals surface area (Å²) < 4.78 is 0. The van der Waals surface area contributed by atoms with Crippen molar-refractivity contribution in [2.45, 2.75) is 52.6 Å². The van der Waals surface area contributed by atoms with E-state index in [1.165, 1.54) is 0 Å². The van der Waals surface area contributed by atoms with Crippen LogP contribution in [0, 0.1) is 5.92 Å². The van der Waals surface area contributed by atoms with Crippen LogP contribution in [0.3, 0.4) is 0 Å². The summed E-state index contributed by atoms with van der Waals surface area (Å²) in [6.45, 7) is 10.3. The molecule has 1 aliphatic rings. The van der Waals surface area contributed by atoms with E-state index in [0.29, 0.717) is 12.1 Å². The number of amides is 1. The normalized spacial score (nSPS) is 17.1. The van der Waals surface area contributed by atoms with Gasteiger partial charge in [0.1, 0.15) is 0 Å². The summed E-state index contributed by atoms with van der Waals surface area (Å²) in [7, 11) is 7.66. The maximum atomic E-state index is 11.7. The zero-order chi connectivity index (χ0) is 16.6. The fourth-order valence-corrected chi connectivity index (χ4v) is 2.18. The van der Waals surface area contributed by atoms with Gasteiger partial charge in [-0.15, -0.1) is 0 Å². The quantitative estimate of drug-likeness (QED) is 0.745. The Kier molecular flexibility index (Phi) is 9.83. The lowest BCUT2D eigenvalue weighted by Crippen LogP contribution is -2.45. The second kappa shape index (κ2) is 10.1. The Bertz CT molecular complexity index is 287. The summed E-state index contributed by atoms with van der Waals surface area (Å²) in [5.74, 6) is 0.402. The largest absolute Gasteiger partial charge is 0.342 e. The first-order chi connectivity index (χ1) is 9.70. The van der Waals surface area contributed by atoms with Gasteiger partial charge in [0.05, 0.1) is 7.11 Å². The summed E-state index contributed by atoms with van der Waals surface area (Å²) in [5.41, 5.74) is 0. The molecule has 1 aliphatic heterocycles. The Morgan fingerprint density at radius 2 is 1.62 bits per heavy atom. The molecule has 0 atom stereocenters. The molecule has 5 nitrogen and oxygen atoms in total. The minimum Gasteiger partial charge on any atom is -0.342 e. The summed E-state index contributed by atoms with van der Waals surface area (Å²) in [6, 6.07) is 0.936. The molecule has 0 saturated carbocycles. The number of carbonyl (C=O) groups is 1. The Balaban J connectivity index is 0.000000486. The molecule has 0 aromatic carbocycles. The predicted octanol–water partition coefficient (Wildman–Crippen LogP) is 2.08. The lowest BCUT2D eigenvalue weighted by atomic mass is 10.0. The number of nitrogens with zero attached hydrogens (tertiary/aromatic N) is 3. The molecule has 0 bridgehead atoms. The molecule has 21 heavy (non-hydrogen) atoms. The Hall–Kier alpha value is -0.650. The first kappa shape index (κ1) is 20.3. The van der Waals surface area contributed by atoms with E-state index in [0.717, 1.165) is 25.9 Å². The zero-order valence-electron chi connectivity index (χ0n) is 15.2. The highest BCUT2D eigenvalue weighted by atomic mass is 16.7. The van der Waals surface area contributed by atoms with E-state index in [1.54, 1.807) is 12.2 Å². The lowest BCUT2D eigenvalue weighted by Gasteiger charge is -2.35. The number of piperidine rings is 1. The average molecular weight is 301 g/mol. The van der Waals surface area contributed by atoms with Crippen molar-refractivity contribution in [2.24, 2.45) is 5.92 Å². The van der Waals surface area contributed by atoms with Crippen molar-refractivity contribution < 1.29 is 9.63 Å². The van der Waals surface area contributed by atoms with Gasteiger partial charge in [0.2, 0.25) is 5.91 Å². The molecule has 0 aromatic heterocycles. The molecule has 1 fully saturated rings. The zero-order valence-corrected chi connectivity index (χ0v) is 15.2. The smallest absolute Gasteiger partial charge is 0.225 e. The van der Waals surface area contributed by atoms with E-state index in [2.05, 4.69) is 25.8 Å². The Morgan fingerprint density at radius 1 is 1.14 bits per heavy atom. The van der Waals surface area contributed by atoms with Crippen LogP contribution in [0.1, 0.15) is 40.5 Å². The van der Waals surface area contributed by atoms with Crippen LogP contribution in [0.2, 0.25) is 0 Å². The lowest BCUT2D eigenvalue weighted by molar-refractivity contribution is -0.136. The molecule has 0 unspecified atom stereocenters. The van der Waals surface area contributed by atoms with E-state index in [1.807, 2.05) is 32.8 Å². The number of hydroxylamine groups is 2. The van der Waals surface area contributed by atoms with Crippen LogP contribution < -0.4 is 0 Å². The second-order valence-electron chi connectivity index (χ2n) is 6.46. The monoisotopic (exact) mass is 301 g/mol. The van der Waals surface area contributed by atoms with Crippen molar-refractivity contribution in [3.63, 3.8) is 0 Å². The van der Waals surface area contributed by atoms with Crippen LogP contribution in [0.5, 0.6) is 0 Å². The molecule has 5 heteroatoms. The van der Waals surface area contributed by atoms with Crippen LogP contribution in [-0.2, 0) is 9.63 Å². The van der Waals surface area contributed by atoms with Crippen LogP contribution in [0.25, 0.3) is 0 Å². The molecule has 0 spiro atoms. The third-order valence-corrected chi connectivity index (χ3v) is 4.09. The third-order valence-electron chi connectivity index (χ3n) is 4.09. The predicted molar refractivity (Wildman–Crippen MR) is 88.0 cm³/mol. The molecule has 126 valence electrons. The molecule has 0 radical (unpaired) electrons. The van der Waals surface area contributed by atoms with Crippen molar-refractivity contribution in [1.29, 1.82) is 0 Å². The van der Waals surface area contributed by atoms with E-state index in [4.69, 9.17) is 4.84 Å². The minimum absolute atomic E-state index is 0.125. The van der Waals surface area contributed by atoms with Crippen LogP contribution in [-0.4, -0.2) is 74.2 Å². The number of carbonyl (C=O) groups excluding carboxylic acids is 1. The van der Waals surface area contributed by atoms with E-state index < -0.39 is 0 Å². The molecular formula is C16H35N3O2. The molecule has 1 saturated heterocycles. The standard InChI is InChI=1S/C11H22N2O.C5H13NO/c1-9(2)11(14)13(4)10-5-7-12(3)8-6-10;1-5(2)6(3)7-4/h9-10H,5-8H2,1-4H3;5H,1-4H3. The van der Waals surface area contributed by atoms with Gasteiger partial charge in [-0.1, -0.05) is 13.8 Å². The Labute approximate surface area is 131 Å². The van der Waals surface area contributed by atoms with Crippen LogP contribution in [0.4, 0.5) is 0 Å². The topological polar surface area (TPSA) is 36.0 Å². The average Bonchev–Trinajstić information content (AvgIpc) is 2.46. The van der Waals surface area contributed by atoms with Gasteiger partial charge in [-0.3, -0.25) is 4.79 Å². The summed E-state index contributed by atoms with van der Waals surface area (Å²) >= 11 is 0. The molecule has 1 heterocycles. The Morgan fingerprint density at radius 3 is 1.90 bits per heavy atom. The maximum Gasteiger partial charge on any atom is 0.225 e. The number of likely N-dealkylation sites (tertiary alicyclic amines) is 1.